The van der Waals surface area contributed by atoms with E-state index in [-0.39, 0.29) is 25.6 Å². The second-order valence-corrected chi connectivity index (χ2v) is 20.1. The number of carbonyl (C=O) groups excluding carboxylic acids is 1. The van der Waals surface area contributed by atoms with E-state index < -0.39 is 80.7 Å². The van der Waals surface area contributed by atoms with Crippen LogP contribution >= 0.6 is 0 Å². The third-order valence-corrected chi connectivity index (χ3v) is 13.5. The molecule has 0 aromatic heterocycles. The highest BCUT2D eigenvalue weighted by molar-refractivity contribution is 5.69. The minimum Gasteiger partial charge on any atom is -0.457 e. The fourth-order valence-corrected chi connectivity index (χ4v) is 8.90. The normalized spacial score (nSPS) is 25.4. The molecule has 2 fully saturated rings. The van der Waals surface area contributed by atoms with Crippen molar-refractivity contribution in [2.24, 2.45) is 0 Å². The monoisotopic (exact) mass is 1040 g/mol. The number of unbranched alkanes of at least 4 members (excludes halogenated alkanes) is 22. The summed E-state index contributed by atoms with van der Waals surface area (Å²) in [4.78, 5) is 13.1. The molecule has 0 bridgehead atoms. The van der Waals surface area contributed by atoms with Gasteiger partial charge in [-0.1, -0.05) is 203 Å². The molecule has 2 rings (SSSR count). The van der Waals surface area contributed by atoms with Gasteiger partial charge in [-0.05, 0) is 57.8 Å². The molecule has 11 unspecified atom stereocenters. The van der Waals surface area contributed by atoms with Gasteiger partial charge in [-0.25, -0.2) is 0 Å². The number of esters is 1. The van der Waals surface area contributed by atoms with Gasteiger partial charge in [0, 0.05) is 13.0 Å². The van der Waals surface area contributed by atoms with Gasteiger partial charge in [-0.3, -0.25) is 4.79 Å². The highest BCUT2D eigenvalue weighted by atomic mass is 16.7. The lowest BCUT2D eigenvalue weighted by Crippen LogP contribution is -2.61. The van der Waals surface area contributed by atoms with Gasteiger partial charge in [0.25, 0.3) is 0 Å². The average Bonchev–Trinajstić information content (AvgIpc) is 3.39. The lowest BCUT2D eigenvalue weighted by atomic mass is 9.98. The van der Waals surface area contributed by atoms with Crippen molar-refractivity contribution in [2.45, 2.75) is 274 Å². The van der Waals surface area contributed by atoms with Gasteiger partial charge in [0.05, 0.1) is 26.4 Å². The molecule has 2 aliphatic rings. The first-order valence-electron chi connectivity index (χ1n) is 28.9. The Hall–Kier alpha value is -2.31. The number of ether oxygens (including phenoxy) is 6. The molecule has 2 aliphatic heterocycles. The van der Waals surface area contributed by atoms with Crippen molar-refractivity contribution in [1.29, 1.82) is 0 Å². The first-order chi connectivity index (χ1) is 35.6. The Morgan fingerprint density at radius 1 is 0.466 bits per heavy atom. The Labute approximate surface area is 441 Å². The quantitative estimate of drug-likeness (QED) is 0.0172. The summed E-state index contributed by atoms with van der Waals surface area (Å²) in [6, 6.07) is 0. The molecule has 73 heavy (non-hydrogen) atoms. The Morgan fingerprint density at radius 3 is 1.40 bits per heavy atom. The topological polar surface area (TPSA) is 214 Å². The van der Waals surface area contributed by atoms with Crippen molar-refractivity contribution < 1.29 is 69.0 Å². The second-order valence-electron chi connectivity index (χ2n) is 20.1. The predicted octanol–water partition coefficient (Wildman–Crippen LogP) is 10.1. The zero-order valence-corrected chi connectivity index (χ0v) is 45.4. The molecule has 424 valence electrons. The Balaban J connectivity index is 1.72. The number of carbonyl (C=O) groups is 1. The first-order valence-corrected chi connectivity index (χ1v) is 28.9. The van der Waals surface area contributed by atoms with E-state index in [4.69, 9.17) is 28.4 Å². The van der Waals surface area contributed by atoms with Gasteiger partial charge in [-0.2, -0.15) is 0 Å². The van der Waals surface area contributed by atoms with Crippen LogP contribution in [0.5, 0.6) is 0 Å². The SMILES string of the molecule is CC/C=C\C/C=C\C/C=C\C/C=C\C/C=C\CCCCCCCCCC(=O)OC(COCCCCCCCCCCCCCCCCCC)COC1OC(COC2OC(CO)C(O)C(O)C2O)C(O)C(O)C1O. The van der Waals surface area contributed by atoms with Crippen LogP contribution in [0, 0.1) is 0 Å². The van der Waals surface area contributed by atoms with Crippen LogP contribution in [0.1, 0.15) is 206 Å². The number of aliphatic hydroxyl groups excluding tert-OH is 7. The molecule has 0 amide bonds. The van der Waals surface area contributed by atoms with Crippen LogP contribution in [0.3, 0.4) is 0 Å². The molecule has 0 aromatic rings. The zero-order valence-electron chi connectivity index (χ0n) is 45.4. The summed E-state index contributed by atoms with van der Waals surface area (Å²) in [5.74, 6) is -0.386. The van der Waals surface area contributed by atoms with Gasteiger partial charge in [0.1, 0.15) is 54.9 Å². The van der Waals surface area contributed by atoms with Crippen LogP contribution in [-0.4, -0.2) is 142 Å². The molecular weight excluding hydrogens is 933 g/mol. The van der Waals surface area contributed by atoms with Crippen molar-refractivity contribution in [2.75, 3.05) is 33.0 Å². The molecule has 14 heteroatoms. The highest BCUT2D eigenvalue weighted by Gasteiger charge is 2.47. The number of allylic oxidation sites excluding steroid dienone is 10. The first kappa shape index (κ1) is 66.8. The minimum absolute atomic E-state index is 0.0573. The molecular formula is C59H104O14. The van der Waals surface area contributed by atoms with E-state index in [0.717, 1.165) is 83.5 Å². The van der Waals surface area contributed by atoms with Crippen LogP contribution in [0.4, 0.5) is 0 Å². The van der Waals surface area contributed by atoms with Gasteiger partial charge in [0.15, 0.2) is 12.6 Å². The van der Waals surface area contributed by atoms with Gasteiger partial charge in [0.2, 0.25) is 0 Å². The van der Waals surface area contributed by atoms with E-state index in [1.165, 1.54) is 96.3 Å². The number of hydrogen-bond donors (Lipinski definition) is 7. The molecule has 0 saturated carbocycles. The van der Waals surface area contributed by atoms with Crippen molar-refractivity contribution in [3.63, 3.8) is 0 Å². The number of rotatable bonds is 46. The summed E-state index contributed by atoms with van der Waals surface area (Å²) in [5, 5.41) is 72.3. The smallest absolute Gasteiger partial charge is 0.306 e. The summed E-state index contributed by atoms with van der Waals surface area (Å²) in [6.07, 6.45) is 39.9. The van der Waals surface area contributed by atoms with E-state index >= 15 is 0 Å². The second kappa shape index (κ2) is 45.8. The fourth-order valence-electron chi connectivity index (χ4n) is 8.90. The van der Waals surface area contributed by atoms with E-state index in [0.29, 0.717) is 13.0 Å². The van der Waals surface area contributed by atoms with E-state index in [2.05, 4.69) is 74.6 Å². The summed E-state index contributed by atoms with van der Waals surface area (Å²) < 4.78 is 34.4. The van der Waals surface area contributed by atoms with Crippen molar-refractivity contribution in [3.8, 4) is 0 Å². The summed E-state index contributed by atoms with van der Waals surface area (Å²) in [5.41, 5.74) is 0. The van der Waals surface area contributed by atoms with Crippen LogP contribution in [0.15, 0.2) is 60.8 Å². The molecule has 0 aliphatic carbocycles. The fraction of sp³-hybridized carbons (Fsp3) is 0.814. The molecule has 2 saturated heterocycles. The van der Waals surface area contributed by atoms with Crippen LogP contribution in [-0.2, 0) is 33.2 Å². The van der Waals surface area contributed by atoms with E-state index in [1.807, 2.05) is 0 Å². The molecule has 0 radical (unpaired) electrons. The lowest BCUT2D eigenvalue weighted by Gasteiger charge is -2.42. The van der Waals surface area contributed by atoms with E-state index in [1.54, 1.807) is 0 Å². The number of aliphatic hydroxyl groups is 7. The largest absolute Gasteiger partial charge is 0.457 e. The van der Waals surface area contributed by atoms with Crippen LogP contribution in [0.2, 0.25) is 0 Å². The highest BCUT2D eigenvalue weighted by Crippen LogP contribution is 2.27. The maximum atomic E-state index is 13.1. The summed E-state index contributed by atoms with van der Waals surface area (Å²) in [7, 11) is 0. The molecule has 7 N–H and O–H groups in total. The van der Waals surface area contributed by atoms with Crippen molar-refractivity contribution in [1.82, 2.24) is 0 Å². The van der Waals surface area contributed by atoms with Gasteiger partial charge >= 0.3 is 5.97 Å². The van der Waals surface area contributed by atoms with Crippen LogP contribution in [0.25, 0.3) is 0 Å². The maximum Gasteiger partial charge on any atom is 0.306 e. The van der Waals surface area contributed by atoms with Gasteiger partial charge < -0.3 is 64.2 Å². The van der Waals surface area contributed by atoms with Gasteiger partial charge in [-0.15, -0.1) is 0 Å². The molecule has 2 heterocycles. The average molecular weight is 1040 g/mol. The Kier molecular flexibility index (Phi) is 42.0. The molecule has 11 atom stereocenters. The molecule has 0 spiro atoms. The van der Waals surface area contributed by atoms with Crippen molar-refractivity contribution in [3.05, 3.63) is 60.8 Å². The predicted molar refractivity (Wildman–Crippen MR) is 289 cm³/mol. The summed E-state index contributed by atoms with van der Waals surface area (Å²) in [6.45, 7) is 3.58. The summed E-state index contributed by atoms with van der Waals surface area (Å²) >= 11 is 0. The minimum atomic E-state index is -1.71. The van der Waals surface area contributed by atoms with Crippen molar-refractivity contribution >= 4 is 5.97 Å². The maximum absolute atomic E-state index is 13.1. The third-order valence-electron chi connectivity index (χ3n) is 13.5. The third kappa shape index (κ3) is 32.8. The molecule has 0 aromatic carbocycles. The zero-order chi connectivity index (χ0) is 53.0. The number of hydrogen-bond acceptors (Lipinski definition) is 14. The standard InChI is InChI=1S/C59H104O14/c1-3-5-7-9-11-13-15-17-19-21-22-23-24-25-26-27-28-30-32-34-36-38-40-42-51(61)71-48(45-68-43-41-39-37-35-33-31-29-20-18-16-14-12-10-8-6-4-2)46-69-58-57(67)55(65)53(63)50(73-58)47-70-59-56(66)54(64)52(62)49(44-60)72-59/h5,7,11,13,17,19,22-23,25-26,48-50,52-60,62-67H,3-4,6,8-10,12,14-16,18,20-21,24,27-47H2,1-2H3/b7-5-,13-11-,19-17-,23-22-,26-25-. The Morgan fingerprint density at radius 2 is 0.890 bits per heavy atom. The Bertz CT molecular complexity index is 1440. The molecule has 14 nitrogen and oxygen atoms in total. The lowest BCUT2D eigenvalue weighted by molar-refractivity contribution is -0.332. The van der Waals surface area contributed by atoms with E-state index in [9.17, 15) is 40.5 Å². The van der Waals surface area contributed by atoms with Crippen LogP contribution < -0.4 is 0 Å².